The second-order valence-electron chi connectivity index (χ2n) is 13.9. The van der Waals surface area contributed by atoms with Crippen molar-refractivity contribution in [2.24, 2.45) is 18.1 Å². The fraction of sp³-hybridized carbons (Fsp3) is 0.786. The predicted molar refractivity (Wildman–Crippen MR) is 220 cm³/mol. The van der Waals surface area contributed by atoms with Gasteiger partial charge in [0, 0.05) is 53.4 Å². The van der Waals surface area contributed by atoms with Gasteiger partial charge >= 0.3 is 16.7 Å². The van der Waals surface area contributed by atoms with E-state index in [1.165, 1.54) is 0 Å². The molecule has 0 saturated carbocycles. The van der Waals surface area contributed by atoms with E-state index in [0.717, 1.165) is 10.8 Å². The summed E-state index contributed by atoms with van der Waals surface area (Å²) in [5.41, 5.74) is 1.13. The van der Waals surface area contributed by atoms with Crippen molar-refractivity contribution >= 4 is 51.1 Å². The second-order valence-corrected chi connectivity index (χ2v) is 34.6. The third-order valence-electron chi connectivity index (χ3n) is 8.29. The Kier molecular flexibility index (Phi) is 17.3. The van der Waals surface area contributed by atoms with Crippen LogP contribution >= 0.6 is 37.1 Å². The number of nitrogens with zero attached hydrogens (tertiary/aromatic N) is 11. The summed E-state index contributed by atoms with van der Waals surface area (Å²) in [5, 5.41) is 0.911. The predicted octanol–water partition coefficient (Wildman–Crippen LogP) is 6.61. The molecular weight excluding hydrogens is 721 g/mol. The fourth-order valence-electron chi connectivity index (χ4n) is 5.09. The van der Waals surface area contributed by atoms with Crippen molar-refractivity contribution in [1.29, 1.82) is 0 Å². The molecule has 0 radical (unpaired) electrons. The average Bonchev–Trinajstić information content (AvgIpc) is 2.96. The minimum Gasteiger partial charge on any atom is -0.373 e. The van der Waals surface area contributed by atoms with Gasteiger partial charge in [-0.2, -0.15) is 0 Å². The van der Waals surface area contributed by atoms with E-state index >= 15 is 0 Å². The molecule has 282 valence electrons. The first-order valence-corrected chi connectivity index (χ1v) is 27.8. The third-order valence-corrected chi connectivity index (χ3v) is 29.9. The molecule has 1 aromatic carbocycles. The second kappa shape index (κ2) is 17.9. The Labute approximate surface area is 297 Å². The lowest BCUT2D eigenvalue weighted by Crippen LogP contribution is -2.54. The Hall–Kier alpha value is 0.387. The molecule has 14 nitrogen and oxygen atoms in total. The normalized spacial score (nSPS) is 14.3. The zero-order valence-corrected chi connectivity index (χ0v) is 39.4. The van der Waals surface area contributed by atoms with Crippen LogP contribution in [0.3, 0.4) is 0 Å². The molecule has 20 heteroatoms. The molecular formula is C28H69N11O3P5Si+. The van der Waals surface area contributed by atoms with Gasteiger partial charge in [0.05, 0.1) is 0 Å². The Morgan fingerprint density at radius 1 is 0.542 bits per heavy atom. The molecule has 0 unspecified atom stereocenters. The SMILES string of the molecule is CO[Si](OC)(OC)c1ccc(CN(C)P(=N[P+](N=P(C)(C)C)(N=P(C)(N(C)C)N(C)C)N=P(C)(N(C)C)N(C)C)(N(C)C)N(C)C)cc1. The van der Waals surface area contributed by atoms with Crippen molar-refractivity contribution in [3.05, 3.63) is 29.8 Å². The summed E-state index contributed by atoms with van der Waals surface area (Å²) in [6, 6.07) is 8.33. The lowest BCUT2D eigenvalue weighted by atomic mass is 10.2. The van der Waals surface area contributed by atoms with Crippen molar-refractivity contribution < 1.29 is 13.3 Å². The molecule has 0 aliphatic carbocycles. The average molecular weight is 791 g/mol. The van der Waals surface area contributed by atoms with Crippen LogP contribution in [0, 0.1) is 0 Å². The molecule has 0 aliphatic rings. The van der Waals surface area contributed by atoms with Gasteiger partial charge in [-0.15, -0.1) is 0 Å². The highest BCUT2D eigenvalue weighted by Crippen LogP contribution is 2.84. The van der Waals surface area contributed by atoms with E-state index in [2.05, 4.69) is 170 Å². The molecule has 1 rings (SSSR count). The maximum absolute atomic E-state index is 6.04. The van der Waals surface area contributed by atoms with Crippen LogP contribution in [0.15, 0.2) is 42.3 Å². The maximum atomic E-state index is 6.04. The molecule has 0 fully saturated rings. The summed E-state index contributed by atoms with van der Waals surface area (Å²) in [6.07, 6.45) is 0. The Morgan fingerprint density at radius 3 is 1.17 bits per heavy atom. The minimum atomic E-state index is -3.14. The third kappa shape index (κ3) is 10.5. The number of hydrogen-bond acceptors (Lipinski definition) is 7. The largest absolute Gasteiger partial charge is 0.536 e. The van der Waals surface area contributed by atoms with E-state index in [1.54, 1.807) is 21.3 Å². The number of benzene rings is 1. The monoisotopic (exact) mass is 790 g/mol. The van der Waals surface area contributed by atoms with E-state index in [0.29, 0.717) is 6.54 Å². The van der Waals surface area contributed by atoms with Crippen LogP contribution in [-0.2, 0) is 19.8 Å². The van der Waals surface area contributed by atoms with E-state index in [4.69, 9.17) is 31.3 Å². The molecule has 0 saturated heterocycles. The topological polar surface area (TPSA) is 99.8 Å². The van der Waals surface area contributed by atoms with Crippen LogP contribution in [0.2, 0.25) is 0 Å². The summed E-state index contributed by atoms with van der Waals surface area (Å²) in [6.45, 7) is 11.8. The van der Waals surface area contributed by atoms with E-state index in [-0.39, 0.29) is 0 Å². The summed E-state index contributed by atoms with van der Waals surface area (Å²) >= 11 is 0. The quantitative estimate of drug-likeness (QED) is 0.127. The summed E-state index contributed by atoms with van der Waals surface area (Å²) in [4.78, 5) is 0. The van der Waals surface area contributed by atoms with E-state index < -0.39 is 45.9 Å². The molecule has 48 heavy (non-hydrogen) atoms. The van der Waals surface area contributed by atoms with Crippen molar-refractivity contribution in [2.45, 2.75) is 6.54 Å². The first kappa shape index (κ1) is 46.4. The van der Waals surface area contributed by atoms with Gasteiger partial charge in [0.15, 0.2) is 0 Å². The van der Waals surface area contributed by atoms with E-state index in [1.807, 2.05) is 12.1 Å². The van der Waals surface area contributed by atoms with E-state index in [9.17, 15) is 0 Å². The van der Waals surface area contributed by atoms with Crippen molar-refractivity contribution in [3.63, 3.8) is 0 Å². The molecule has 1 aromatic rings. The fourth-order valence-corrected chi connectivity index (χ4v) is 25.6. The summed E-state index contributed by atoms with van der Waals surface area (Å²) < 4.78 is 56.5. The Morgan fingerprint density at radius 2 is 0.896 bits per heavy atom. The molecule has 0 N–H and O–H groups in total. The standard InChI is InChI=1S/C28H69N11O3P5Si/c1-33(2)44(20,34(3)4)30-46(29-43(17,18)19,31-45(21,35(5)6)36(7)8)32-47(37(9)10,38(11)12)39(13)26-27-22-24-28(25-23-27)48(40-14,41-15)42-16/h22-25H,26H2,1-21H3/q+1. The van der Waals surface area contributed by atoms with Gasteiger partial charge in [-0.3, -0.25) is 18.7 Å². The number of hydrogen-bond donors (Lipinski definition) is 0. The van der Waals surface area contributed by atoms with Crippen LogP contribution in [0.1, 0.15) is 5.56 Å². The lowest BCUT2D eigenvalue weighted by molar-refractivity contribution is 0.140. The van der Waals surface area contributed by atoms with Crippen LogP contribution in [-0.4, -0.2) is 188 Å². The molecule has 0 heterocycles. The summed E-state index contributed by atoms with van der Waals surface area (Å²) in [7, 11) is 17.3. The zero-order chi connectivity index (χ0) is 37.7. The van der Waals surface area contributed by atoms with Crippen LogP contribution in [0.4, 0.5) is 0 Å². The summed E-state index contributed by atoms with van der Waals surface area (Å²) in [5.74, 6) is 0. The molecule has 0 aromatic heterocycles. The van der Waals surface area contributed by atoms with Gasteiger partial charge in [-0.1, -0.05) is 28.8 Å². The van der Waals surface area contributed by atoms with Crippen LogP contribution < -0.4 is 5.19 Å². The van der Waals surface area contributed by atoms with Gasteiger partial charge < -0.3 is 13.3 Å². The maximum Gasteiger partial charge on any atom is 0.536 e. The minimum absolute atomic E-state index is 0.641. The highest BCUT2D eigenvalue weighted by molar-refractivity contribution is 7.88. The first-order valence-electron chi connectivity index (χ1n) is 15.6. The number of rotatable bonds is 17. The van der Waals surface area contributed by atoms with Gasteiger partial charge in [-0.25, -0.2) is 14.0 Å². The zero-order valence-electron chi connectivity index (χ0n) is 33.9. The molecule has 0 bridgehead atoms. The Bertz CT molecular complexity index is 1340. The highest BCUT2D eigenvalue weighted by Gasteiger charge is 2.52. The van der Waals surface area contributed by atoms with Gasteiger partial charge in [-0.05, 0) is 131 Å². The van der Waals surface area contributed by atoms with Crippen molar-refractivity contribution in [2.75, 3.05) is 146 Å². The molecule has 0 atom stereocenters. The van der Waals surface area contributed by atoms with Crippen molar-refractivity contribution in [1.82, 2.24) is 32.7 Å². The van der Waals surface area contributed by atoms with Crippen molar-refractivity contribution in [3.8, 4) is 0 Å². The first-order chi connectivity index (χ1) is 21.8. The molecule has 0 aliphatic heterocycles. The molecule has 0 spiro atoms. The van der Waals surface area contributed by atoms with Gasteiger partial charge in [0.25, 0.3) is 0 Å². The Balaban J connectivity index is 4.51. The lowest BCUT2D eigenvalue weighted by Gasteiger charge is -2.42. The van der Waals surface area contributed by atoms with Crippen LogP contribution in [0.25, 0.3) is 0 Å². The smallest absolute Gasteiger partial charge is 0.373 e. The van der Waals surface area contributed by atoms with Crippen LogP contribution in [0.5, 0.6) is 0 Å². The highest BCUT2D eigenvalue weighted by atomic mass is 31.3. The molecule has 0 amide bonds. The van der Waals surface area contributed by atoms with Gasteiger partial charge in [0.2, 0.25) is 7.51 Å². The van der Waals surface area contributed by atoms with Gasteiger partial charge in [0.1, 0.15) is 14.7 Å².